The summed E-state index contributed by atoms with van der Waals surface area (Å²) in [7, 11) is 1.62. The van der Waals surface area contributed by atoms with Crippen LogP contribution in [0.1, 0.15) is 25.7 Å². The van der Waals surface area contributed by atoms with E-state index in [-0.39, 0.29) is 12.0 Å². The van der Waals surface area contributed by atoms with Crippen LogP contribution in [0.3, 0.4) is 0 Å². The van der Waals surface area contributed by atoms with Crippen molar-refractivity contribution in [3.05, 3.63) is 24.3 Å². The van der Waals surface area contributed by atoms with Gasteiger partial charge in [-0.25, -0.2) is 0 Å². The van der Waals surface area contributed by atoms with Crippen molar-refractivity contribution >= 4 is 11.6 Å². The number of rotatable bonds is 7. The topological polar surface area (TPSA) is 64.8 Å². The zero-order valence-corrected chi connectivity index (χ0v) is 12.6. The summed E-state index contributed by atoms with van der Waals surface area (Å²) in [5.74, 6) is 0.773. The van der Waals surface area contributed by atoms with Crippen molar-refractivity contribution in [3.8, 4) is 5.75 Å². The van der Waals surface area contributed by atoms with Crippen molar-refractivity contribution < 1.29 is 14.3 Å². The van der Waals surface area contributed by atoms with Gasteiger partial charge in [0.1, 0.15) is 5.75 Å². The van der Waals surface area contributed by atoms with E-state index in [1.54, 1.807) is 12.0 Å². The number of hydrogen-bond donors (Lipinski definition) is 1. The van der Waals surface area contributed by atoms with Gasteiger partial charge < -0.3 is 20.1 Å². The van der Waals surface area contributed by atoms with E-state index in [0.29, 0.717) is 25.3 Å². The van der Waals surface area contributed by atoms with Gasteiger partial charge in [0.2, 0.25) is 5.91 Å². The highest BCUT2D eigenvalue weighted by Crippen LogP contribution is 2.29. The number of carbonyl (C=O) groups is 1. The van der Waals surface area contributed by atoms with E-state index >= 15 is 0 Å². The van der Waals surface area contributed by atoms with Gasteiger partial charge >= 0.3 is 0 Å². The second-order valence-corrected chi connectivity index (χ2v) is 5.20. The molecule has 0 aromatic heterocycles. The monoisotopic (exact) mass is 292 g/mol. The predicted molar refractivity (Wildman–Crippen MR) is 82.6 cm³/mol. The number of hydrogen-bond acceptors (Lipinski definition) is 4. The third-order valence-electron chi connectivity index (χ3n) is 3.69. The van der Waals surface area contributed by atoms with Crippen LogP contribution in [0.5, 0.6) is 5.75 Å². The molecule has 21 heavy (non-hydrogen) atoms. The van der Waals surface area contributed by atoms with Crippen molar-refractivity contribution in [2.45, 2.75) is 31.8 Å². The van der Waals surface area contributed by atoms with Crippen molar-refractivity contribution in [2.24, 2.45) is 5.73 Å². The molecule has 0 bridgehead atoms. The molecule has 0 spiro atoms. The zero-order valence-electron chi connectivity index (χ0n) is 12.6. The molecule has 116 valence electrons. The molecule has 1 unspecified atom stereocenters. The molecule has 1 amide bonds. The Bertz CT molecular complexity index is 459. The van der Waals surface area contributed by atoms with Crippen molar-refractivity contribution in [3.63, 3.8) is 0 Å². The van der Waals surface area contributed by atoms with Gasteiger partial charge in [-0.3, -0.25) is 4.79 Å². The Kier molecular flexibility index (Phi) is 6.02. The molecule has 1 aliphatic heterocycles. The lowest BCUT2D eigenvalue weighted by molar-refractivity contribution is -0.120. The largest absolute Gasteiger partial charge is 0.495 e. The number of anilines is 1. The minimum absolute atomic E-state index is 0.0487. The molecule has 5 nitrogen and oxygen atoms in total. The summed E-state index contributed by atoms with van der Waals surface area (Å²) in [6, 6.07) is 7.58. The van der Waals surface area contributed by atoms with Crippen LogP contribution in [0.15, 0.2) is 24.3 Å². The van der Waals surface area contributed by atoms with Crippen molar-refractivity contribution in [1.29, 1.82) is 0 Å². The molecule has 1 heterocycles. The van der Waals surface area contributed by atoms with E-state index in [0.717, 1.165) is 31.6 Å². The summed E-state index contributed by atoms with van der Waals surface area (Å²) < 4.78 is 10.9. The Balaban J connectivity index is 2.14. The SMILES string of the molecule is COc1ccccc1N(CCCN)C(=O)CC1CCCO1. The van der Waals surface area contributed by atoms with Crippen LogP contribution >= 0.6 is 0 Å². The summed E-state index contributed by atoms with van der Waals surface area (Å²) in [5, 5.41) is 0. The van der Waals surface area contributed by atoms with Crippen LogP contribution in [0.25, 0.3) is 0 Å². The first-order valence-corrected chi connectivity index (χ1v) is 7.51. The smallest absolute Gasteiger partial charge is 0.229 e. The molecule has 1 fully saturated rings. The first-order valence-electron chi connectivity index (χ1n) is 7.51. The summed E-state index contributed by atoms with van der Waals surface area (Å²) in [5.41, 5.74) is 6.40. The van der Waals surface area contributed by atoms with E-state index in [4.69, 9.17) is 15.2 Å². The first-order chi connectivity index (χ1) is 10.3. The van der Waals surface area contributed by atoms with Crippen LogP contribution < -0.4 is 15.4 Å². The minimum atomic E-state index is 0.0487. The number of para-hydroxylation sites is 2. The van der Waals surface area contributed by atoms with Crippen LogP contribution in [-0.4, -0.2) is 38.8 Å². The van der Waals surface area contributed by atoms with Gasteiger partial charge in [0.05, 0.1) is 25.3 Å². The Morgan fingerprint density at radius 3 is 2.95 bits per heavy atom. The highest BCUT2D eigenvalue weighted by molar-refractivity contribution is 5.95. The molecule has 1 aliphatic rings. The molecule has 2 rings (SSSR count). The van der Waals surface area contributed by atoms with Gasteiger partial charge in [0, 0.05) is 13.2 Å². The number of methoxy groups -OCH3 is 1. The molecule has 1 aromatic carbocycles. The fraction of sp³-hybridized carbons (Fsp3) is 0.562. The first kappa shape index (κ1) is 15.8. The maximum Gasteiger partial charge on any atom is 0.229 e. The van der Waals surface area contributed by atoms with Gasteiger partial charge in [-0.1, -0.05) is 12.1 Å². The van der Waals surface area contributed by atoms with Crippen molar-refractivity contribution in [2.75, 3.05) is 31.7 Å². The quantitative estimate of drug-likeness (QED) is 0.834. The van der Waals surface area contributed by atoms with Crippen LogP contribution in [0.2, 0.25) is 0 Å². The number of ether oxygens (including phenoxy) is 2. The third-order valence-corrected chi connectivity index (χ3v) is 3.69. The molecule has 0 radical (unpaired) electrons. The number of benzene rings is 1. The molecule has 0 saturated carbocycles. The lowest BCUT2D eigenvalue weighted by Crippen LogP contribution is -2.35. The van der Waals surface area contributed by atoms with Crippen molar-refractivity contribution in [1.82, 2.24) is 0 Å². The Labute approximate surface area is 126 Å². The lowest BCUT2D eigenvalue weighted by atomic mass is 10.1. The number of nitrogens with zero attached hydrogens (tertiary/aromatic N) is 1. The molecule has 2 N–H and O–H groups in total. The molecular weight excluding hydrogens is 268 g/mol. The standard InChI is InChI=1S/C16H24N2O3/c1-20-15-8-3-2-7-14(15)18(10-5-9-17)16(19)12-13-6-4-11-21-13/h2-3,7-8,13H,4-6,9-12,17H2,1H3. The van der Waals surface area contributed by atoms with Gasteiger partial charge in [-0.05, 0) is 37.9 Å². The number of nitrogens with two attached hydrogens (primary N) is 1. The average molecular weight is 292 g/mol. The summed E-state index contributed by atoms with van der Waals surface area (Å²) in [4.78, 5) is 14.4. The maximum atomic E-state index is 12.6. The number of carbonyl (C=O) groups excluding carboxylic acids is 1. The third kappa shape index (κ3) is 4.19. The predicted octanol–water partition coefficient (Wildman–Crippen LogP) is 1.95. The summed E-state index contributed by atoms with van der Waals surface area (Å²) in [6.07, 6.45) is 3.23. The van der Waals surface area contributed by atoms with E-state index < -0.39 is 0 Å². The second kappa shape index (κ2) is 8.00. The molecular formula is C16H24N2O3. The zero-order chi connectivity index (χ0) is 15.1. The summed E-state index contributed by atoms with van der Waals surface area (Å²) >= 11 is 0. The van der Waals surface area contributed by atoms with Gasteiger partial charge in [-0.15, -0.1) is 0 Å². The minimum Gasteiger partial charge on any atom is -0.495 e. The molecule has 5 heteroatoms. The second-order valence-electron chi connectivity index (χ2n) is 5.20. The molecule has 1 atom stereocenters. The van der Waals surface area contributed by atoms with Crippen LogP contribution in [0, 0.1) is 0 Å². The fourth-order valence-corrected chi connectivity index (χ4v) is 2.59. The molecule has 1 saturated heterocycles. The number of amides is 1. The maximum absolute atomic E-state index is 12.6. The van der Waals surface area contributed by atoms with E-state index in [1.165, 1.54) is 0 Å². The molecule has 0 aliphatic carbocycles. The van der Waals surface area contributed by atoms with E-state index in [1.807, 2.05) is 24.3 Å². The summed E-state index contributed by atoms with van der Waals surface area (Å²) in [6.45, 7) is 1.91. The Morgan fingerprint density at radius 1 is 1.48 bits per heavy atom. The van der Waals surface area contributed by atoms with Gasteiger partial charge in [-0.2, -0.15) is 0 Å². The highest BCUT2D eigenvalue weighted by atomic mass is 16.5. The Morgan fingerprint density at radius 2 is 2.29 bits per heavy atom. The normalized spacial score (nSPS) is 17.7. The highest BCUT2D eigenvalue weighted by Gasteiger charge is 2.24. The fourth-order valence-electron chi connectivity index (χ4n) is 2.59. The van der Waals surface area contributed by atoms with E-state index in [9.17, 15) is 4.79 Å². The van der Waals surface area contributed by atoms with E-state index in [2.05, 4.69) is 0 Å². The average Bonchev–Trinajstić information content (AvgIpc) is 3.01. The molecule has 1 aromatic rings. The van der Waals surface area contributed by atoms with Gasteiger partial charge in [0.25, 0.3) is 0 Å². The van der Waals surface area contributed by atoms with Crippen LogP contribution in [0.4, 0.5) is 5.69 Å². The van der Waals surface area contributed by atoms with Gasteiger partial charge in [0.15, 0.2) is 0 Å². The lowest BCUT2D eigenvalue weighted by Gasteiger charge is -2.25. The van der Waals surface area contributed by atoms with Crippen LogP contribution in [-0.2, 0) is 9.53 Å². The Hall–Kier alpha value is -1.59.